The van der Waals surface area contributed by atoms with Gasteiger partial charge in [-0.05, 0) is 0 Å². The molecule has 0 aromatic heterocycles. The zero-order chi connectivity index (χ0) is 7.40. The number of benzene rings is 1. The van der Waals surface area contributed by atoms with E-state index in [0.717, 1.165) is 18.4 Å². The van der Waals surface area contributed by atoms with Crippen molar-refractivity contribution in [2.24, 2.45) is 0 Å². The summed E-state index contributed by atoms with van der Waals surface area (Å²) in [6.45, 7) is 2.08. The average molecular weight is 144 g/mol. The summed E-state index contributed by atoms with van der Waals surface area (Å²) in [6, 6.07) is 7.52. The predicted octanol–water partition coefficient (Wildman–Crippen LogP) is -0.418. The Labute approximate surface area is 79.0 Å². The van der Waals surface area contributed by atoms with Gasteiger partial charge in [0, 0.05) is 5.82 Å². The third-order valence-electron chi connectivity index (χ3n) is 1.37. The normalized spacial score (nSPS) is 8.91. The number of hydrogen-bond donors (Lipinski definition) is 0. The van der Waals surface area contributed by atoms with E-state index < -0.39 is 0 Å². The summed E-state index contributed by atoms with van der Waals surface area (Å²) in [7, 11) is 0. The largest absolute Gasteiger partial charge is 1.00 e. The first-order valence-corrected chi connectivity index (χ1v) is 3.49. The van der Waals surface area contributed by atoms with Gasteiger partial charge in [0.2, 0.25) is 0 Å². The Kier molecular flexibility index (Phi) is 5.28. The van der Waals surface area contributed by atoms with Crippen LogP contribution in [0, 0.1) is 11.9 Å². The Balaban J connectivity index is 0.000001000. The Bertz CT molecular complexity index is 210. The molecule has 2 heteroatoms. The second kappa shape index (κ2) is 5.40. The maximum absolute atomic E-state index is 12.4. The zero-order valence-corrected chi connectivity index (χ0v) is 7.02. The minimum absolute atomic E-state index is 0. The fourth-order valence-electron chi connectivity index (χ4n) is 0.925. The van der Waals surface area contributed by atoms with Crippen LogP contribution in [0.4, 0.5) is 4.39 Å². The molecule has 0 spiro atoms. The summed E-state index contributed by atoms with van der Waals surface area (Å²) < 4.78 is 12.4. The molecule has 0 aliphatic carbocycles. The van der Waals surface area contributed by atoms with E-state index in [1.807, 2.05) is 6.07 Å². The number of halogens is 1. The van der Waals surface area contributed by atoms with Crippen LogP contribution in [0.15, 0.2) is 18.2 Å². The quantitative estimate of drug-likeness (QED) is 0.390. The van der Waals surface area contributed by atoms with Crippen molar-refractivity contribution in [3.05, 3.63) is 35.6 Å². The van der Waals surface area contributed by atoms with E-state index in [9.17, 15) is 4.39 Å². The summed E-state index contributed by atoms with van der Waals surface area (Å²) in [6.07, 6.45) is 2.01. The summed E-state index contributed by atoms with van der Waals surface area (Å²) in [5, 5.41) is 0. The third kappa shape index (κ3) is 3.60. The van der Waals surface area contributed by atoms with Gasteiger partial charge in [0.15, 0.2) is 0 Å². The first-order valence-electron chi connectivity index (χ1n) is 3.49. The van der Waals surface area contributed by atoms with Gasteiger partial charge in [-0.1, -0.05) is 19.8 Å². The first kappa shape index (κ1) is 10.7. The van der Waals surface area contributed by atoms with Gasteiger partial charge in [-0.25, -0.2) is 4.39 Å². The minimum Gasteiger partial charge on any atom is -0.236 e. The number of rotatable bonds is 2. The molecule has 0 N–H and O–H groups in total. The van der Waals surface area contributed by atoms with Crippen LogP contribution in [0.1, 0.15) is 18.9 Å². The smallest absolute Gasteiger partial charge is 0.236 e. The molecule has 0 amide bonds. The van der Waals surface area contributed by atoms with Crippen molar-refractivity contribution in [3.8, 4) is 0 Å². The van der Waals surface area contributed by atoms with Crippen LogP contribution < -0.4 is 18.9 Å². The molecule has 0 unspecified atom stereocenters. The monoisotopic (exact) mass is 144 g/mol. The maximum atomic E-state index is 12.4. The zero-order valence-electron chi connectivity index (χ0n) is 7.02. The van der Waals surface area contributed by atoms with Crippen molar-refractivity contribution in [1.29, 1.82) is 0 Å². The van der Waals surface area contributed by atoms with Crippen molar-refractivity contribution >= 4 is 0 Å². The fourth-order valence-corrected chi connectivity index (χ4v) is 0.925. The first-order chi connectivity index (χ1) is 4.83. The summed E-state index contributed by atoms with van der Waals surface area (Å²) in [4.78, 5) is 0. The molecule has 0 bridgehead atoms. The van der Waals surface area contributed by atoms with Gasteiger partial charge < -0.3 is 0 Å². The number of hydrogen-bond acceptors (Lipinski definition) is 0. The predicted molar refractivity (Wildman–Crippen MR) is 39.2 cm³/mol. The summed E-state index contributed by atoms with van der Waals surface area (Å²) >= 11 is 0. The molecule has 0 aliphatic heterocycles. The molecule has 1 aromatic rings. The SMILES string of the molecule is CCCc1cc[c-]c(F)c1.[Li+]. The molecule has 0 heterocycles. The molecule has 0 radical (unpaired) electrons. The van der Waals surface area contributed by atoms with Crippen LogP contribution in [-0.2, 0) is 6.42 Å². The molecule has 0 fully saturated rings. The molecule has 0 aliphatic rings. The molecule has 1 rings (SSSR count). The van der Waals surface area contributed by atoms with Crippen molar-refractivity contribution in [2.75, 3.05) is 0 Å². The topological polar surface area (TPSA) is 0 Å². The molecule has 54 valence electrons. The second-order valence-electron chi connectivity index (χ2n) is 2.29. The fraction of sp³-hybridized carbons (Fsp3) is 0.333. The molecule has 0 atom stereocenters. The molecule has 0 saturated heterocycles. The van der Waals surface area contributed by atoms with Gasteiger partial charge in [0.05, 0.1) is 0 Å². The van der Waals surface area contributed by atoms with Crippen LogP contribution in [0.3, 0.4) is 0 Å². The van der Waals surface area contributed by atoms with E-state index in [2.05, 4.69) is 13.0 Å². The standard InChI is InChI=1S/C9H10F.Li/c1-2-4-8-5-3-6-9(10)7-8;/h3,5,7H,2,4H2,1H3;/q-1;+1. The van der Waals surface area contributed by atoms with Gasteiger partial charge in [-0.15, -0.1) is 12.1 Å². The molecule has 0 saturated carbocycles. The molecular formula is C9H10FLi. The van der Waals surface area contributed by atoms with Crippen LogP contribution in [-0.4, -0.2) is 0 Å². The van der Waals surface area contributed by atoms with E-state index in [4.69, 9.17) is 0 Å². The van der Waals surface area contributed by atoms with Crippen LogP contribution in [0.5, 0.6) is 0 Å². The van der Waals surface area contributed by atoms with E-state index in [1.54, 1.807) is 6.07 Å². The number of aryl methyl sites for hydroxylation is 1. The van der Waals surface area contributed by atoms with E-state index in [1.165, 1.54) is 6.07 Å². The van der Waals surface area contributed by atoms with Crippen LogP contribution in [0.2, 0.25) is 0 Å². The Hall–Kier alpha value is -0.253. The summed E-state index contributed by atoms with van der Waals surface area (Å²) in [5.41, 5.74) is 1.05. The Morgan fingerprint density at radius 3 is 2.82 bits per heavy atom. The maximum Gasteiger partial charge on any atom is 1.00 e. The van der Waals surface area contributed by atoms with E-state index >= 15 is 0 Å². The molecule has 0 nitrogen and oxygen atoms in total. The molecule has 1 aromatic carbocycles. The van der Waals surface area contributed by atoms with Gasteiger partial charge in [0.25, 0.3) is 0 Å². The van der Waals surface area contributed by atoms with Crippen molar-refractivity contribution in [3.63, 3.8) is 0 Å². The van der Waals surface area contributed by atoms with Gasteiger partial charge in [-0.3, -0.25) is 0 Å². The summed E-state index contributed by atoms with van der Waals surface area (Å²) in [5.74, 6) is -0.258. The van der Waals surface area contributed by atoms with Gasteiger partial charge >= 0.3 is 18.9 Å². The van der Waals surface area contributed by atoms with E-state index in [0.29, 0.717) is 0 Å². The van der Waals surface area contributed by atoms with Gasteiger partial charge in [0.1, 0.15) is 0 Å². The van der Waals surface area contributed by atoms with Crippen LogP contribution in [0.25, 0.3) is 0 Å². The van der Waals surface area contributed by atoms with E-state index in [-0.39, 0.29) is 24.7 Å². The second-order valence-corrected chi connectivity index (χ2v) is 2.29. The third-order valence-corrected chi connectivity index (χ3v) is 1.37. The van der Waals surface area contributed by atoms with Crippen LogP contribution >= 0.6 is 0 Å². The minimum atomic E-state index is -0.258. The Morgan fingerprint density at radius 2 is 2.27 bits per heavy atom. The average Bonchev–Trinajstić information content (AvgIpc) is 1.88. The van der Waals surface area contributed by atoms with Gasteiger partial charge in [-0.2, -0.15) is 17.7 Å². The Morgan fingerprint density at radius 1 is 1.55 bits per heavy atom. The molecule has 11 heavy (non-hydrogen) atoms. The molecular weight excluding hydrogens is 134 g/mol. The van der Waals surface area contributed by atoms with Crippen molar-refractivity contribution < 1.29 is 23.3 Å². The van der Waals surface area contributed by atoms with Crippen molar-refractivity contribution in [2.45, 2.75) is 19.8 Å². The van der Waals surface area contributed by atoms with Crippen molar-refractivity contribution in [1.82, 2.24) is 0 Å².